The van der Waals surface area contributed by atoms with Gasteiger partial charge in [0, 0.05) is 17.5 Å². The minimum atomic E-state index is 0.355. The quantitative estimate of drug-likeness (QED) is 0.713. The molecule has 1 spiro atoms. The lowest BCUT2D eigenvalue weighted by atomic mass is 9.90. The van der Waals surface area contributed by atoms with Crippen molar-refractivity contribution in [1.29, 1.82) is 0 Å². The first kappa shape index (κ1) is 15.8. The number of likely N-dealkylation sites (tertiary alicyclic amines) is 1. The van der Waals surface area contributed by atoms with Crippen molar-refractivity contribution in [1.82, 2.24) is 20.3 Å². The molecule has 6 nitrogen and oxygen atoms in total. The highest BCUT2D eigenvalue weighted by Gasteiger charge is 2.58. The van der Waals surface area contributed by atoms with Crippen LogP contribution in [0.25, 0.3) is 11.5 Å². The Bertz CT molecular complexity index is 893. The van der Waals surface area contributed by atoms with Gasteiger partial charge >= 0.3 is 0 Å². The summed E-state index contributed by atoms with van der Waals surface area (Å²) in [6.07, 6.45) is 3.51. The largest absolute Gasteiger partial charge is 0.420 e. The van der Waals surface area contributed by atoms with E-state index in [1.165, 1.54) is 19.3 Å². The molecule has 3 aromatic rings. The molecule has 2 aliphatic rings. The standard InChI is InChI=1S/C20H22N4O2/c1-14-11-16(26-23-14)13-24-9-7-20(8-10-24)12-17(20)19-22-21-18(25-19)15-5-3-2-4-6-15/h2-6,11,17H,7-10,12-13H2,1H3. The molecular weight excluding hydrogens is 328 g/mol. The van der Waals surface area contributed by atoms with Gasteiger partial charge in [-0.25, -0.2) is 0 Å². The summed E-state index contributed by atoms with van der Waals surface area (Å²) in [4.78, 5) is 2.45. The third-order valence-electron chi connectivity index (χ3n) is 5.86. The van der Waals surface area contributed by atoms with Crippen LogP contribution in [0.5, 0.6) is 0 Å². The third kappa shape index (κ3) is 2.84. The molecule has 1 aliphatic carbocycles. The molecule has 3 heterocycles. The Morgan fingerprint density at radius 1 is 1.15 bits per heavy atom. The van der Waals surface area contributed by atoms with Gasteiger partial charge in [-0.2, -0.15) is 0 Å². The van der Waals surface area contributed by atoms with Gasteiger partial charge in [-0.1, -0.05) is 23.4 Å². The van der Waals surface area contributed by atoms with E-state index in [4.69, 9.17) is 8.94 Å². The zero-order valence-corrected chi connectivity index (χ0v) is 14.9. The lowest BCUT2D eigenvalue weighted by Crippen LogP contribution is -2.34. The van der Waals surface area contributed by atoms with Gasteiger partial charge in [0.2, 0.25) is 11.8 Å². The summed E-state index contributed by atoms with van der Waals surface area (Å²) in [5.41, 5.74) is 2.29. The first-order valence-corrected chi connectivity index (χ1v) is 9.25. The number of hydrogen-bond acceptors (Lipinski definition) is 6. The fourth-order valence-electron chi connectivity index (χ4n) is 4.19. The Labute approximate surface area is 152 Å². The highest BCUT2D eigenvalue weighted by Crippen LogP contribution is 2.64. The van der Waals surface area contributed by atoms with E-state index in [0.717, 1.165) is 42.5 Å². The van der Waals surface area contributed by atoms with Crippen LogP contribution < -0.4 is 0 Å². The molecule has 2 fully saturated rings. The minimum absolute atomic E-state index is 0.355. The Morgan fingerprint density at radius 2 is 1.96 bits per heavy atom. The number of aromatic nitrogens is 3. The molecule has 0 bridgehead atoms. The van der Waals surface area contributed by atoms with Crippen LogP contribution in [0.15, 0.2) is 45.3 Å². The van der Waals surface area contributed by atoms with Crippen LogP contribution >= 0.6 is 0 Å². The Morgan fingerprint density at radius 3 is 2.69 bits per heavy atom. The molecule has 1 unspecified atom stereocenters. The van der Waals surface area contributed by atoms with Crippen molar-refractivity contribution in [3.8, 4) is 11.5 Å². The van der Waals surface area contributed by atoms with Crippen LogP contribution in [0, 0.1) is 12.3 Å². The van der Waals surface area contributed by atoms with Crippen molar-refractivity contribution < 1.29 is 8.94 Å². The number of nitrogens with zero attached hydrogens (tertiary/aromatic N) is 4. The molecule has 1 saturated carbocycles. The predicted octanol–water partition coefficient (Wildman–Crippen LogP) is 3.80. The average molecular weight is 350 g/mol. The highest BCUT2D eigenvalue weighted by atomic mass is 16.5. The SMILES string of the molecule is Cc1cc(CN2CCC3(CC2)CC3c2nnc(-c3ccccc3)o2)on1. The monoisotopic (exact) mass is 350 g/mol. The Hall–Kier alpha value is -2.47. The second-order valence-electron chi connectivity index (χ2n) is 7.64. The van der Waals surface area contributed by atoms with Gasteiger partial charge in [0.1, 0.15) is 0 Å². The summed E-state index contributed by atoms with van der Waals surface area (Å²) in [7, 11) is 0. The van der Waals surface area contributed by atoms with Crippen LogP contribution in [-0.4, -0.2) is 33.3 Å². The summed E-state index contributed by atoms with van der Waals surface area (Å²) in [6.45, 7) is 4.97. The lowest BCUT2D eigenvalue weighted by molar-refractivity contribution is 0.147. The van der Waals surface area contributed by atoms with E-state index in [1.807, 2.05) is 43.3 Å². The van der Waals surface area contributed by atoms with Crippen molar-refractivity contribution in [3.05, 3.63) is 53.7 Å². The molecule has 0 N–H and O–H groups in total. The summed E-state index contributed by atoms with van der Waals surface area (Å²) < 4.78 is 11.3. The molecule has 134 valence electrons. The van der Waals surface area contributed by atoms with E-state index in [0.29, 0.717) is 17.2 Å². The highest BCUT2D eigenvalue weighted by molar-refractivity contribution is 5.51. The number of rotatable bonds is 4. The first-order chi connectivity index (χ1) is 12.7. The Kier molecular flexibility index (Phi) is 3.67. The number of benzene rings is 1. The van der Waals surface area contributed by atoms with Crippen LogP contribution in [0.1, 0.15) is 42.5 Å². The maximum atomic E-state index is 5.99. The first-order valence-electron chi connectivity index (χ1n) is 9.25. The molecule has 2 aromatic heterocycles. The fourth-order valence-corrected chi connectivity index (χ4v) is 4.19. The molecule has 1 atom stereocenters. The maximum absolute atomic E-state index is 5.99. The van der Waals surface area contributed by atoms with Crippen molar-refractivity contribution in [3.63, 3.8) is 0 Å². The summed E-state index contributed by atoms with van der Waals surface area (Å²) in [5, 5.41) is 12.6. The maximum Gasteiger partial charge on any atom is 0.247 e. The van der Waals surface area contributed by atoms with E-state index >= 15 is 0 Å². The number of piperidine rings is 1. The minimum Gasteiger partial charge on any atom is -0.420 e. The van der Waals surface area contributed by atoms with Crippen molar-refractivity contribution in [2.24, 2.45) is 5.41 Å². The van der Waals surface area contributed by atoms with E-state index in [2.05, 4.69) is 20.3 Å². The van der Waals surface area contributed by atoms with Crippen LogP contribution in [0.4, 0.5) is 0 Å². The molecule has 0 radical (unpaired) electrons. The van der Waals surface area contributed by atoms with Gasteiger partial charge in [0.15, 0.2) is 5.76 Å². The molecule has 1 saturated heterocycles. The van der Waals surface area contributed by atoms with Crippen LogP contribution in [-0.2, 0) is 6.54 Å². The molecule has 1 aromatic carbocycles. The topological polar surface area (TPSA) is 68.2 Å². The molecular formula is C20H22N4O2. The molecule has 1 aliphatic heterocycles. The van der Waals surface area contributed by atoms with Gasteiger partial charge in [-0.05, 0) is 56.8 Å². The van der Waals surface area contributed by atoms with E-state index in [1.54, 1.807) is 0 Å². The zero-order valence-electron chi connectivity index (χ0n) is 14.9. The molecule has 6 heteroatoms. The van der Waals surface area contributed by atoms with E-state index in [9.17, 15) is 0 Å². The van der Waals surface area contributed by atoms with Crippen LogP contribution in [0.3, 0.4) is 0 Å². The zero-order chi connectivity index (χ0) is 17.6. The van der Waals surface area contributed by atoms with Gasteiger partial charge in [-0.15, -0.1) is 10.2 Å². The lowest BCUT2D eigenvalue weighted by Gasteiger charge is -2.31. The summed E-state index contributed by atoms with van der Waals surface area (Å²) >= 11 is 0. The van der Waals surface area contributed by atoms with Gasteiger partial charge < -0.3 is 8.94 Å². The van der Waals surface area contributed by atoms with Gasteiger partial charge in [-0.3, -0.25) is 4.90 Å². The van der Waals surface area contributed by atoms with E-state index < -0.39 is 0 Å². The van der Waals surface area contributed by atoms with Crippen LogP contribution in [0.2, 0.25) is 0 Å². The second-order valence-corrected chi connectivity index (χ2v) is 7.64. The number of hydrogen-bond donors (Lipinski definition) is 0. The number of aryl methyl sites for hydroxylation is 1. The molecule has 0 amide bonds. The summed E-state index contributed by atoms with van der Waals surface area (Å²) in [6, 6.07) is 12.0. The average Bonchev–Trinajstić information content (AvgIpc) is 3.01. The predicted molar refractivity (Wildman–Crippen MR) is 95.3 cm³/mol. The Balaban J connectivity index is 1.22. The molecule has 5 rings (SSSR count). The normalized spacial score (nSPS) is 22.0. The fraction of sp³-hybridized carbons (Fsp3) is 0.450. The van der Waals surface area contributed by atoms with Crippen molar-refractivity contribution in [2.75, 3.05) is 13.1 Å². The second kappa shape index (κ2) is 6.06. The van der Waals surface area contributed by atoms with Gasteiger partial charge in [0.05, 0.1) is 12.2 Å². The van der Waals surface area contributed by atoms with E-state index in [-0.39, 0.29) is 0 Å². The smallest absolute Gasteiger partial charge is 0.247 e. The van der Waals surface area contributed by atoms with Gasteiger partial charge in [0.25, 0.3) is 0 Å². The van der Waals surface area contributed by atoms with Crippen molar-refractivity contribution >= 4 is 0 Å². The molecule has 26 heavy (non-hydrogen) atoms. The summed E-state index contributed by atoms with van der Waals surface area (Å²) in [5.74, 6) is 2.81. The third-order valence-corrected chi connectivity index (χ3v) is 5.86. The van der Waals surface area contributed by atoms with Crippen molar-refractivity contribution in [2.45, 2.75) is 38.6 Å².